The van der Waals surface area contributed by atoms with Gasteiger partial charge < -0.3 is 9.30 Å². The van der Waals surface area contributed by atoms with Crippen molar-refractivity contribution in [1.29, 1.82) is 5.26 Å². The molecule has 0 bridgehead atoms. The van der Waals surface area contributed by atoms with E-state index in [-0.39, 0.29) is 0 Å². The largest absolute Gasteiger partial charge is 0.497 e. The molecule has 1 aromatic heterocycles. The van der Waals surface area contributed by atoms with Crippen LogP contribution >= 0.6 is 11.6 Å². The first-order valence-electron chi connectivity index (χ1n) is 7.41. The molecule has 0 fully saturated rings. The summed E-state index contributed by atoms with van der Waals surface area (Å²) in [6, 6.07) is 21.2. The van der Waals surface area contributed by atoms with Crippen LogP contribution in [-0.2, 0) is 0 Å². The monoisotopic (exact) mass is 334 g/mol. The van der Waals surface area contributed by atoms with Crippen LogP contribution in [0, 0.1) is 11.3 Å². The normalized spacial score (nSPS) is 11.1. The van der Waals surface area contributed by atoms with Gasteiger partial charge in [-0.1, -0.05) is 23.7 Å². The van der Waals surface area contributed by atoms with Crippen LogP contribution in [0.4, 0.5) is 0 Å². The number of hydrogen-bond donors (Lipinski definition) is 0. The number of benzene rings is 2. The summed E-state index contributed by atoms with van der Waals surface area (Å²) < 4.78 is 7.21. The highest BCUT2D eigenvalue weighted by atomic mass is 35.5. The Balaban J connectivity index is 2.01. The molecule has 4 heteroatoms. The van der Waals surface area contributed by atoms with Crippen LogP contribution in [0.2, 0.25) is 5.02 Å². The molecular weight excluding hydrogens is 320 g/mol. The summed E-state index contributed by atoms with van der Waals surface area (Å²) >= 11 is 6.03. The number of hydrogen-bond acceptors (Lipinski definition) is 2. The topological polar surface area (TPSA) is 38.0 Å². The van der Waals surface area contributed by atoms with Crippen LogP contribution in [0.5, 0.6) is 5.75 Å². The van der Waals surface area contributed by atoms with E-state index in [1.54, 1.807) is 19.2 Å². The molecule has 0 spiro atoms. The SMILES string of the molecule is COc1ccc(-n2cccc2/C=C(/C#N)c2cccc(Cl)c2)cc1. The molecule has 0 atom stereocenters. The molecule has 0 aliphatic carbocycles. The van der Waals surface area contributed by atoms with Gasteiger partial charge >= 0.3 is 0 Å². The zero-order chi connectivity index (χ0) is 16.9. The highest BCUT2D eigenvalue weighted by Gasteiger charge is 2.06. The number of nitriles is 1. The number of aromatic nitrogens is 1. The Morgan fingerprint density at radius 2 is 1.92 bits per heavy atom. The lowest BCUT2D eigenvalue weighted by atomic mass is 10.1. The third kappa shape index (κ3) is 3.34. The fourth-order valence-electron chi connectivity index (χ4n) is 2.47. The van der Waals surface area contributed by atoms with Crippen molar-refractivity contribution in [3.63, 3.8) is 0 Å². The lowest BCUT2D eigenvalue weighted by Crippen LogP contribution is -1.95. The first-order chi connectivity index (χ1) is 11.7. The third-order valence-electron chi connectivity index (χ3n) is 3.68. The van der Waals surface area contributed by atoms with Crippen molar-refractivity contribution < 1.29 is 4.74 Å². The Morgan fingerprint density at radius 3 is 2.58 bits per heavy atom. The summed E-state index contributed by atoms with van der Waals surface area (Å²) in [5.41, 5.74) is 3.27. The van der Waals surface area contributed by atoms with E-state index in [9.17, 15) is 5.26 Å². The molecule has 0 aliphatic heterocycles. The number of nitrogens with zero attached hydrogens (tertiary/aromatic N) is 2. The first-order valence-corrected chi connectivity index (χ1v) is 7.78. The molecule has 3 aromatic rings. The van der Waals surface area contributed by atoms with Crippen molar-refractivity contribution in [1.82, 2.24) is 4.57 Å². The molecule has 0 N–H and O–H groups in total. The van der Waals surface area contributed by atoms with Crippen LogP contribution in [0.1, 0.15) is 11.3 Å². The fourth-order valence-corrected chi connectivity index (χ4v) is 2.66. The minimum Gasteiger partial charge on any atom is -0.497 e. The van der Waals surface area contributed by atoms with Crippen molar-refractivity contribution in [2.75, 3.05) is 7.11 Å². The number of methoxy groups -OCH3 is 1. The zero-order valence-corrected chi connectivity index (χ0v) is 13.9. The summed E-state index contributed by atoms with van der Waals surface area (Å²) in [6.45, 7) is 0. The molecule has 1 heterocycles. The van der Waals surface area contributed by atoms with Crippen molar-refractivity contribution in [3.8, 4) is 17.5 Å². The minimum absolute atomic E-state index is 0.561. The Morgan fingerprint density at radius 1 is 1.12 bits per heavy atom. The molecule has 0 aliphatic rings. The van der Waals surface area contributed by atoms with E-state index >= 15 is 0 Å². The average Bonchev–Trinajstić information content (AvgIpc) is 3.08. The van der Waals surface area contributed by atoms with Crippen LogP contribution in [0.25, 0.3) is 17.3 Å². The highest BCUT2D eigenvalue weighted by Crippen LogP contribution is 2.23. The minimum atomic E-state index is 0.561. The van der Waals surface area contributed by atoms with Crippen molar-refractivity contribution >= 4 is 23.3 Å². The van der Waals surface area contributed by atoms with E-state index in [0.29, 0.717) is 10.6 Å². The van der Waals surface area contributed by atoms with Crippen LogP contribution in [0.15, 0.2) is 66.9 Å². The van der Waals surface area contributed by atoms with Gasteiger partial charge in [0.05, 0.1) is 18.8 Å². The Kier molecular flexibility index (Phi) is 4.69. The van der Waals surface area contributed by atoms with Gasteiger partial charge in [0.25, 0.3) is 0 Å². The van der Waals surface area contributed by atoms with E-state index in [1.165, 1.54) is 0 Å². The highest BCUT2D eigenvalue weighted by molar-refractivity contribution is 6.30. The molecule has 3 rings (SSSR count). The van der Waals surface area contributed by atoms with E-state index in [4.69, 9.17) is 16.3 Å². The van der Waals surface area contributed by atoms with E-state index in [0.717, 1.165) is 22.7 Å². The van der Waals surface area contributed by atoms with Gasteiger partial charge in [-0.2, -0.15) is 5.26 Å². The van der Waals surface area contributed by atoms with Gasteiger partial charge in [0.2, 0.25) is 0 Å². The summed E-state index contributed by atoms with van der Waals surface area (Å²) in [4.78, 5) is 0. The predicted octanol–water partition coefficient (Wildman–Crippen LogP) is 5.20. The van der Waals surface area contributed by atoms with Gasteiger partial charge in [-0.15, -0.1) is 0 Å². The van der Waals surface area contributed by atoms with Gasteiger partial charge in [-0.05, 0) is 60.2 Å². The summed E-state index contributed by atoms with van der Waals surface area (Å²) in [7, 11) is 1.64. The van der Waals surface area contributed by atoms with Gasteiger partial charge in [0.1, 0.15) is 5.75 Å². The molecule has 0 unspecified atom stereocenters. The van der Waals surface area contributed by atoms with Gasteiger partial charge in [-0.3, -0.25) is 0 Å². The average molecular weight is 335 g/mol. The molecule has 0 saturated heterocycles. The van der Waals surface area contributed by atoms with E-state index < -0.39 is 0 Å². The van der Waals surface area contributed by atoms with E-state index in [1.807, 2.05) is 65.4 Å². The Bertz CT molecular complexity index is 917. The number of halogens is 1. The second-order valence-electron chi connectivity index (χ2n) is 5.18. The molecule has 0 amide bonds. The van der Waals surface area contributed by atoms with Crippen molar-refractivity contribution in [2.45, 2.75) is 0 Å². The predicted molar refractivity (Wildman–Crippen MR) is 97.3 cm³/mol. The van der Waals surface area contributed by atoms with Crippen LogP contribution < -0.4 is 4.74 Å². The van der Waals surface area contributed by atoms with Gasteiger partial charge in [0, 0.05) is 22.6 Å². The standard InChI is InChI=1S/C20H15ClN2O/c1-24-20-9-7-18(8-10-20)23-11-3-6-19(23)13-16(14-22)15-4-2-5-17(21)12-15/h2-13H,1H3/b16-13-. The number of rotatable bonds is 4. The Labute approximate surface area is 146 Å². The first kappa shape index (κ1) is 15.9. The molecule has 0 radical (unpaired) electrons. The number of allylic oxidation sites excluding steroid dienone is 1. The third-order valence-corrected chi connectivity index (χ3v) is 3.91. The fraction of sp³-hybridized carbons (Fsp3) is 0.0500. The Hall–Kier alpha value is -2.96. The summed E-state index contributed by atoms with van der Waals surface area (Å²) in [5.74, 6) is 0.805. The second kappa shape index (κ2) is 7.08. The smallest absolute Gasteiger partial charge is 0.119 e. The molecule has 2 aromatic carbocycles. The maximum Gasteiger partial charge on any atom is 0.119 e. The van der Waals surface area contributed by atoms with Crippen molar-refractivity contribution in [3.05, 3.63) is 83.1 Å². The maximum atomic E-state index is 9.51. The van der Waals surface area contributed by atoms with Gasteiger partial charge in [-0.25, -0.2) is 0 Å². The lowest BCUT2D eigenvalue weighted by molar-refractivity contribution is 0.414. The molecule has 0 saturated carbocycles. The quantitative estimate of drug-likeness (QED) is 0.615. The van der Waals surface area contributed by atoms with Crippen LogP contribution in [0.3, 0.4) is 0 Å². The number of ether oxygens (including phenoxy) is 1. The molecular formula is C20H15ClN2O. The van der Waals surface area contributed by atoms with Crippen molar-refractivity contribution in [2.24, 2.45) is 0 Å². The lowest BCUT2D eigenvalue weighted by Gasteiger charge is -2.08. The molecule has 24 heavy (non-hydrogen) atoms. The summed E-state index contributed by atoms with van der Waals surface area (Å²) in [5, 5.41) is 10.1. The van der Waals surface area contributed by atoms with E-state index in [2.05, 4.69) is 6.07 Å². The van der Waals surface area contributed by atoms with Crippen LogP contribution in [-0.4, -0.2) is 11.7 Å². The molecule has 3 nitrogen and oxygen atoms in total. The summed E-state index contributed by atoms with van der Waals surface area (Å²) in [6.07, 6.45) is 3.82. The second-order valence-corrected chi connectivity index (χ2v) is 5.62. The molecule has 118 valence electrons. The maximum absolute atomic E-state index is 9.51. The van der Waals surface area contributed by atoms with Gasteiger partial charge in [0.15, 0.2) is 0 Å². The zero-order valence-electron chi connectivity index (χ0n) is 13.1.